The number of aromatic hydroxyl groups is 1. The summed E-state index contributed by atoms with van der Waals surface area (Å²) in [6.45, 7) is 5.26. The highest BCUT2D eigenvalue weighted by atomic mass is 19.1. The molecule has 0 radical (unpaired) electrons. The van der Waals surface area contributed by atoms with E-state index in [0.717, 1.165) is 48.5 Å². The van der Waals surface area contributed by atoms with Crippen LogP contribution in [0.25, 0.3) is 16.6 Å². The molecule has 0 unspecified atom stereocenters. The molecule has 8 nitrogen and oxygen atoms in total. The smallest absolute Gasteiger partial charge is 0.173 e. The summed E-state index contributed by atoms with van der Waals surface area (Å²) in [4.78, 5) is 6.31. The number of H-pyrrole nitrogens is 1. The molecule has 0 aliphatic carbocycles. The zero-order valence-electron chi connectivity index (χ0n) is 15.3. The van der Waals surface area contributed by atoms with Crippen LogP contribution in [0.3, 0.4) is 0 Å². The highest BCUT2D eigenvalue weighted by Gasteiger charge is 2.17. The largest absolute Gasteiger partial charge is 0.506 e. The number of hydrogen-bond acceptors (Lipinski definition) is 6. The summed E-state index contributed by atoms with van der Waals surface area (Å²) in [7, 11) is 0. The second-order valence-electron chi connectivity index (χ2n) is 7.01. The fourth-order valence-corrected chi connectivity index (χ4v) is 3.68. The maximum atomic E-state index is 14.3. The van der Waals surface area contributed by atoms with Crippen molar-refractivity contribution in [2.24, 2.45) is 0 Å². The zero-order chi connectivity index (χ0) is 19.3. The van der Waals surface area contributed by atoms with Gasteiger partial charge in [-0.25, -0.2) is 9.37 Å². The molecule has 1 aliphatic rings. The minimum absolute atomic E-state index is 0.200. The summed E-state index contributed by atoms with van der Waals surface area (Å²) in [6.07, 6.45) is 3.52. The van der Waals surface area contributed by atoms with Crippen LogP contribution in [-0.4, -0.2) is 50.9 Å². The summed E-state index contributed by atoms with van der Waals surface area (Å²) in [6, 6.07) is 4.98. The van der Waals surface area contributed by atoms with Crippen LogP contribution in [0.4, 0.5) is 21.6 Å². The summed E-state index contributed by atoms with van der Waals surface area (Å²) in [5.41, 5.74) is 3.15. The number of pyridine rings is 1. The number of piperazine rings is 1. The normalized spacial score (nSPS) is 14.9. The van der Waals surface area contributed by atoms with Crippen molar-refractivity contribution in [1.82, 2.24) is 24.9 Å². The van der Waals surface area contributed by atoms with Crippen LogP contribution in [0.1, 0.15) is 5.69 Å². The number of nitrogens with zero attached hydrogens (tertiary/aromatic N) is 4. The molecule has 4 aromatic rings. The number of aryl methyl sites for hydroxylation is 1. The first-order valence-corrected chi connectivity index (χ1v) is 9.17. The van der Waals surface area contributed by atoms with Crippen LogP contribution in [0.15, 0.2) is 30.6 Å². The quantitative estimate of drug-likeness (QED) is 0.436. The van der Waals surface area contributed by atoms with E-state index >= 15 is 0 Å². The summed E-state index contributed by atoms with van der Waals surface area (Å²) in [5.74, 6) is 0.306. The number of nitrogens with one attached hydrogen (secondary N) is 3. The van der Waals surface area contributed by atoms with E-state index in [4.69, 9.17) is 0 Å². The van der Waals surface area contributed by atoms with Crippen molar-refractivity contribution >= 4 is 33.7 Å². The number of imidazole rings is 1. The number of rotatable bonds is 3. The molecule has 1 aliphatic heterocycles. The molecular formula is C19H20FN7O. The number of halogens is 1. The number of aromatic amines is 1. The second kappa shape index (κ2) is 6.38. The van der Waals surface area contributed by atoms with Gasteiger partial charge in [0.1, 0.15) is 5.75 Å². The lowest BCUT2D eigenvalue weighted by Gasteiger charge is -2.29. The number of benzene rings is 1. The van der Waals surface area contributed by atoms with E-state index in [0.29, 0.717) is 11.5 Å². The molecule has 1 fully saturated rings. The number of phenolic OH excluding ortho intramolecular Hbond substituents is 1. The van der Waals surface area contributed by atoms with Crippen molar-refractivity contribution in [3.05, 3.63) is 42.1 Å². The zero-order valence-corrected chi connectivity index (χ0v) is 15.3. The van der Waals surface area contributed by atoms with Gasteiger partial charge in [-0.05, 0) is 19.1 Å². The van der Waals surface area contributed by atoms with Crippen molar-refractivity contribution in [2.45, 2.75) is 6.92 Å². The summed E-state index contributed by atoms with van der Waals surface area (Å²) >= 11 is 0. The van der Waals surface area contributed by atoms with Gasteiger partial charge in [0.05, 0.1) is 22.6 Å². The van der Waals surface area contributed by atoms with Crippen molar-refractivity contribution in [3.8, 4) is 5.75 Å². The fourth-order valence-electron chi connectivity index (χ4n) is 3.68. The Morgan fingerprint density at radius 2 is 2.00 bits per heavy atom. The Hall–Kier alpha value is -3.33. The van der Waals surface area contributed by atoms with E-state index < -0.39 is 5.82 Å². The first-order chi connectivity index (χ1) is 13.6. The van der Waals surface area contributed by atoms with Gasteiger partial charge < -0.3 is 25.0 Å². The molecule has 9 heteroatoms. The Balaban J connectivity index is 1.50. The lowest BCUT2D eigenvalue weighted by molar-refractivity contribution is 0.471. The Labute approximate surface area is 160 Å². The van der Waals surface area contributed by atoms with Gasteiger partial charge in [0.15, 0.2) is 17.3 Å². The summed E-state index contributed by atoms with van der Waals surface area (Å²) in [5, 5.41) is 25.0. The van der Waals surface area contributed by atoms with Crippen molar-refractivity contribution in [3.63, 3.8) is 0 Å². The lowest BCUT2D eigenvalue weighted by atomic mass is 10.1. The second-order valence-corrected chi connectivity index (χ2v) is 7.01. The Morgan fingerprint density at radius 1 is 1.18 bits per heavy atom. The number of hydrogen-bond donors (Lipinski definition) is 4. The van der Waals surface area contributed by atoms with Crippen LogP contribution in [0, 0.1) is 12.7 Å². The van der Waals surface area contributed by atoms with Gasteiger partial charge in [0.25, 0.3) is 0 Å². The highest BCUT2D eigenvalue weighted by Crippen LogP contribution is 2.35. The molecule has 0 amide bonds. The monoisotopic (exact) mass is 381 g/mol. The molecule has 4 N–H and O–H groups in total. The number of fused-ring (bicyclic) bond motifs is 2. The van der Waals surface area contributed by atoms with Gasteiger partial charge in [-0.2, -0.15) is 5.10 Å². The molecule has 0 atom stereocenters. The van der Waals surface area contributed by atoms with Crippen LogP contribution in [-0.2, 0) is 0 Å². The average molecular weight is 381 g/mol. The Kier molecular flexibility index (Phi) is 3.83. The van der Waals surface area contributed by atoms with E-state index in [9.17, 15) is 9.50 Å². The van der Waals surface area contributed by atoms with Gasteiger partial charge in [0, 0.05) is 50.0 Å². The van der Waals surface area contributed by atoms with E-state index in [-0.39, 0.29) is 11.4 Å². The van der Waals surface area contributed by atoms with Gasteiger partial charge in [0.2, 0.25) is 0 Å². The van der Waals surface area contributed by atoms with Gasteiger partial charge >= 0.3 is 0 Å². The molecule has 5 rings (SSSR count). The molecule has 1 aromatic carbocycles. The van der Waals surface area contributed by atoms with Crippen LogP contribution in [0.5, 0.6) is 5.75 Å². The van der Waals surface area contributed by atoms with Gasteiger partial charge in [-0.3, -0.25) is 5.10 Å². The van der Waals surface area contributed by atoms with E-state index in [1.165, 1.54) is 6.07 Å². The third-order valence-corrected chi connectivity index (χ3v) is 5.01. The SMILES string of the molecule is Cc1cn2cc(Nc3n[nH]c4cc(N5CCNCC5)c(O)cc34)cc(F)c2n1. The number of aromatic nitrogens is 4. The standard InChI is InChI=1S/C19H20FN7O/c1-11-9-27-10-12(6-14(20)19(27)22-11)23-18-13-7-17(28)16(8-15(13)24-25-18)26-4-2-21-3-5-26/h6-10,21,28H,2-5H2,1H3,(H2,23,24,25). The number of anilines is 3. The molecular weight excluding hydrogens is 361 g/mol. The molecule has 28 heavy (non-hydrogen) atoms. The third-order valence-electron chi connectivity index (χ3n) is 5.01. The lowest BCUT2D eigenvalue weighted by Crippen LogP contribution is -2.43. The predicted molar refractivity (Wildman–Crippen MR) is 106 cm³/mol. The van der Waals surface area contributed by atoms with Crippen LogP contribution < -0.4 is 15.5 Å². The minimum atomic E-state index is -0.415. The first-order valence-electron chi connectivity index (χ1n) is 9.17. The van der Waals surface area contributed by atoms with E-state index in [1.807, 2.05) is 13.0 Å². The molecule has 4 heterocycles. The highest BCUT2D eigenvalue weighted by molar-refractivity contribution is 5.95. The van der Waals surface area contributed by atoms with Crippen molar-refractivity contribution < 1.29 is 9.50 Å². The molecule has 144 valence electrons. The van der Waals surface area contributed by atoms with Crippen LogP contribution in [0.2, 0.25) is 0 Å². The Morgan fingerprint density at radius 3 is 2.82 bits per heavy atom. The Bertz CT molecular complexity index is 1180. The maximum absolute atomic E-state index is 14.3. The molecule has 3 aromatic heterocycles. The van der Waals surface area contributed by atoms with Crippen molar-refractivity contribution in [1.29, 1.82) is 0 Å². The topological polar surface area (TPSA) is 93.5 Å². The number of phenols is 1. The van der Waals surface area contributed by atoms with Gasteiger partial charge in [-0.1, -0.05) is 0 Å². The fraction of sp³-hybridized carbons (Fsp3) is 0.263. The predicted octanol–water partition coefficient (Wildman–Crippen LogP) is 2.52. The van der Waals surface area contributed by atoms with Crippen LogP contribution >= 0.6 is 0 Å². The van der Waals surface area contributed by atoms with E-state index in [1.54, 1.807) is 22.9 Å². The minimum Gasteiger partial charge on any atom is -0.506 e. The molecule has 0 bridgehead atoms. The average Bonchev–Trinajstić information content (AvgIpc) is 3.25. The van der Waals surface area contributed by atoms with E-state index in [2.05, 4.69) is 30.7 Å². The summed E-state index contributed by atoms with van der Waals surface area (Å²) < 4.78 is 16.0. The molecule has 0 spiro atoms. The van der Waals surface area contributed by atoms with Crippen molar-refractivity contribution in [2.75, 3.05) is 36.4 Å². The third kappa shape index (κ3) is 2.80. The molecule has 1 saturated heterocycles. The maximum Gasteiger partial charge on any atom is 0.173 e. The first kappa shape index (κ1) is 16.8. The van der Waals surface area contributed by atoms with Gasteiger partial charge in [-0.15, -0.1) is 0 Å². The molecule has 0 saturated carbocycles.